The third kappa shape index (κ3) is 12.8. The number of ether oxygens (including phenoxy) is 1. The third-order valence-corrected chi connectivity index (χ3v) is 7.73. The zero-order valence-corrected chi connectivity index (χ0v) is 28.5. The van der Waals surface area contributed by atoms with Crippen molar-refractivity contribution >= 4 is 23.8 Å². The second kappa shape index (κ2) is 18.0. The van der Waals surface area contributed by atoms with Gasteiger partial charge in [-0.15, -0.1) is 0 Å². The van der Waals surface area contributed by atoms with E-state index < -0.39 is 59.6 Å². The van der Waals surface area contributed by atoms with Crippen LogP contribution in [-0.2, 0) is 32.0 Å². The molecule has 0 aliphatic heterocycles. The minimum atomic E-state index is -1.15. The van der Waals surface area contributed by atoms with E-state index in [1.807, 2.05) is 74.5 Å². The van der Waals surface area contributed by atoms with Crippen LogP contribution < -0.4 is 21.7 Å². The first kappa shape index (κ1) is 37.8. The summed E-state index contributed by atoms with van der Waals surface area (Å²) in [5.74, 6) is -2.46. The van der Waals surface area contributed by atoms with Crippen LogP contribution in [0.3, 0.4) is 0 Å². The number of nitrogens with one attached hydrogen (secondary N) is 3. The van der Waals surface area contributed by atoms with Gasteiger partial charge in [0.05, 0.1) is 12.1 Å². The molecule has 3 aromatic carbocycles. The van der Waals surface area contributed by atoms with Gasteiger partial charge < -0.3 is 31.5 Å². The van der Waals surface area contributed by atoms with Crippen LogP contribution >= 0.6 is 0 Å². The van der Waals surface area contributed by atoms with Crippen LogP contribution in [0.15, 0.2) is 91.0 Å². The van der Waals surface area contributed by atoms with Crippen LogP contribution in [0.1, 0.15) is 70.2 Å². The predicted molar refractivity (Wildman–Crippen MR) is 185 cm³/mol. The fourth-order valence-corrected chi connectivity index (χ4v) is 5.45. The van der Waals surface area contributed by atoms with Gasteiger partial charge in [-0.25, -0.2) is 4.79 Å². The molecule has 0 heterocycles. The van der Waals surface area contributed by atoms with Crippen LogP contribution in [-0.4, -0.2) is 52.7 Å². The molecule has 0 bridgehead atoms. The lowest BCUT2D eigenvalue weighted by molar-refractivity contribution is -0.133. The van der Waals surface area contributed by atoms with Crippen LogP contribution in [0.5, 0.6) is 0 Å². The van der Waals surface area contributed by atoms with E-state index in [2.05, 4.69) is 16.0 Å². The van der Waals surface area contributed by atoms with Gasteiger partial charge in [-0.3, -0.25) is 14.4 Å². The molecule has 0 saturated heterocycles. The quantitative estimate of drug-likeness (QED) is 0.151. The lowest BCUT2D eigenvalue weighted by atomic mass is 9.88. The Kier molecular flexibility index (Phi) is 14.2. The summed E-state index contributed by atoms with van der Waals surface area (Å²) in [5, 5.41) is 20.1. The van der Waals surface area contributed by atoms with E-state index >= 15 is 0 Å². The molecule has 0 saturated carbocycles. The van der Waals surface area contributed by atoms with Crippen molar-refractivity contribution in [2.45, 2.75) is 90.1 Å². The van der Waals surface area contributed by atoms with E-state index in [0.29, 0.717) is 18.4 Å². The summed E-state index contributed by atoms with van der Waals surface area (Å²) in [5.41, 5.74) is 7.19. The maximum absolute atomic E-state index is 14.1. The summed E-state index contributed by atoms with van der Waals surface area (Å²) >= 11 is 0. The molecule has 0 aliphatic rings. The molecule has 0 radical (unpaired) electrons. The number of carbonyl (C=O) groups excluding carboxylic acids is 4. The summed E-state index contributed by atoms with van der Waals surface area (Å²) in [6, 6.07) is 24.7. The van der Waals surface area contributed by atoms with Gasteiger partial charge in [0.15, 0.2) is 0 Å². The van der Waals surface area contributed by atoms with E-state index in [1.165, 1.54) is 0 Å². The van der Waals surface area contributed by atoms with Gasteiger partial charge in [-0.1, -0.05) is 105 Å². The molecule has 4 amide bonds. The van der Waals surface area contributed by atoms with Gasteiger partial charge in [0.2, 0.25) is 17.7 Å². The minimum Gasteiger partial charge on any atom is -0.444 e. The highest BCUT2D eigenvalue weighted by atomic mass is 16.6. The molecule has 48 heavy (non-hydrogen) atoms. The standard InChI is InChI=1S/C38H50N4O6/c1-25(2)21-31(36(46)42-33(34(39)44)28-19-13-8-14-20-28)40-35(45)29(22-26-15-9-6-10-16-26)24-32(43)30(23-27-17-11-7-12-18-27)41-37(47)48-38(3,4)5/h6-20,25,29-33,43H,21-24H2,1-5H3,(H2,39,44)(H,40,45)(H,41,47)(H,42,46)/t29-,30+,31+,32?,33+/m1/s1. The monoisotopic (exact) mass is 658 g/mol. The molecule has 10 heteroatoms. The number of hydrogen-bond acceptors (Lipinski definition) is 6. The van der Waals surface area contributed by atoms with Gasteiger partial charge in [0, 0.05) is 5.92 Å². The molecule has 6 N–H and O–H groups in total. The number of aliphatic hydroxyl groups is 1. The van der Waals surface area contributed by atoms with Gasteiger partial charge in [0.1, 0.15) is 17.7 Å². The maximum atomic E-state index is 14.1. The number of amides is 4. The Morgan fingerprint density at radius 3 is 1.75 bits per heavy atom. The molecule has 0 aliphatic carbocycles. The fourth-order valence-electron chi connectivity index (χ4n) is 5.45. The first-order valence-corrected chi connectivity index (χ1v) is 16.4. The Labute approximate surface area is 283 Å². The average Bonchev–Trinajstić information content (AvgIpc) is 3.02. The lowest BCUT2D eigenvalue weighted by Crippen LogP contribution is -2.52. The van der Waals surface area contributed by atoms with Gasteiger partial charge in [0.25, 0.3) is 0 Å². The first-order chi connectivity index (χ1) is 22.7. The predicted octanol–water partition coefficient (Wildman–Crippen LogP) is 4.61. The number of rotatable bonds is 16. The number of primary amides is 1. The van der Waals surface area contributed by atoms with Crippen molar-refractivity contribution in [3.05, 3.63) is 108 Å². The van der Waals surface area contributed by atoms with Crippen molar-refractivity contribution in [3.63, 3.8) is 0 Å². The molecule has 5 atom stereocenters. The van der Waals surface area contributed by atoms with E-state index in [1.54, 1.807) is 51.1 Å². The molecule has 3 rings (SSSR count). The molecule has 0 spiro atoms. The Balaban J connectivity index is 1.87. The van der Waals surface area contributed by atoms with Crippen molar-refractivity contribution in [2.24, 2.45) is 17.6 Å². The van der Waals surface area contributed by atoms with Crippen molar-refractivity contribution in [1.82, 2.24) is 16.0 Å². The molecule has 258 valence electrons. The summed E-state index contributed by atoms with van der Waals surface area (Å²) in [4.78, 5) is 52.8. The second-order valence-electron chi connectivity index (χ2n) is 13.6. The maximum Gasteiger partial charge on any atom is 0.407 e. The van der Waals surface area contributed by atoms with E-state index in [4.69, 9.17) is 10.5 Å². The van der Waals surface area contributed by atoms with E-state index in [9.17, 15) is 24.3 Å². The number of nitrogens with two attached hydrogens (primary N) is 1. The van der Waals surface area contributed by atoms with Crippen molar-refractivity contribution in [1.29, 1.82) is 0 Å². The molecule has 0 aromatic heterocycles. The molecular formula is C38H50N4O6. The third-order valence-electron chi connectivity index (χ3n) is 7.73. The molecule has 1 unspecified atom stereocenters. The number of aliphatic hydroxyl groups excluding tert-OH is 1. The molecular weight excluding hydrogens is 608 g/mol. The Hall–Kier alpha value is -4.70. The Bertz CT molecular complexity index is 1460. The summed E-state index contributed by atoms with van der Waals surface area (Å²) in [7, 11) is 0. The Morgan fingerprint density at radius 1 is 0.729 bits per heavy atom. The van der Waals surface area contributed by atoms with Gasteiger partial charge >= 0.3 is 6.09 Å². The summed E-state index contributed by atoms with van der Waals surface area (Å²) < 4.78 is 5.48. The van der Waals surface area contributed by atoms with Crippen molar-refractivity contribution in [3.8, 4) is 0 Å². The van der Waals surface area contributed by atoms with Gasteiger partial charge in [-0.05, 0) is 69.1 Å². The zero-order chi connectivity index (χ0) is 35.3. The van der Waals surface area contributed by atoms with Crippen LogP contribution in [0.2, 0.25) is 0 Å². The normalized spacial score (nSPS) is 14.6. The molecule has 3 aromatic rings. The minimum absolute atomic E-state index is 0.0159. The highest BCUT2D eigenvalue weighted by Crippen LogP contribution is 2.21. The number of benzene rings is 3. The van der Waals surface area contributed by atoms with Gasteiger partial charge in [-0.2, -0.15) is 0 Å². The smallest absolute Gasteiger partial charge is 0.407 e. The summed E-state index contributed by atoms with van der Waals surface area (Å²) in [6.07, 6.45) is -0.965. The number of carbonyl (C=O) groups is 4. The SMILES string of the molecule is CC(C)C[C@H](NC(=O)[C@H](Cc1ccccc1)CC(O)[C@H](Cc1ccccc1)NC(=O)OC(C)(C)C)C(=O)N[C@H](C(N)=O)c1ccccc1. The zero-order valence-electron chi connectivity index (χ0n) is 28.5. The highest BCUT2D eigenvalue weighted by molar-refractivity contribution is 5.92. The molecule has 10 nitrogen and oxygen atoms in total. The fraction of sp³-hybridized carbons (Fsp3) is 0.421. The average molecular weight is 659 g/mol. The Morgan fingerprint density at radius 2 is 1.25 bits per heavy atom. The van der Waals surface area contributed by atoms with Crippen molar-refractivity contribution < 1.29 is 29.0 Å². The highest BCUT2D eigenvalue weighted by Gasteiger charge is 2.33. The number of hydrogen-bond donors (Lipinski definition) is 5. The van der Waals surface area contributed by atoms with E-state index in [-0.39, 0.29) is 18.8 Å². The van der Waals surface area contributed by atoms with E-state index in [0.717, 1.165) is 11.1 Å². The topological polar surface area (TPSA) is 160 Å². The number of alkyl carbamates (subject to hydrolysis) is 1. The summed E-state index contributed by atoms with van der Waals surface area (Å²) in [6.45, 7) is 9.12. The molecule has 0 fully saturated rings. The largest absolute Gasteiger partial charge is 0.444 e. The van der Waals surface area contributed by atoms with Crippen LogP contribution in [0.25, 0.3) is 0 Å². The van der Waals surface area contributed by atoms with Crippen LogP contribution in [0, 0.1) is 11.8 Å². The first-order valence-electron chi connectivity index (χ1n) is 16.4. The lowest BCUT2D eigenvalue weighted by Gasteiger charge is -2.30. The van der Waals surface area contributed by atoms with Crippen molar-refractivity contribution in [2.75, 3.05) is 0 Å². The second-order valence-corrected chi connectivity index (χ2v) is 13.6. The van der Waals surface area contributed by atoms with Crippen LogP contribution in [0.4, 0.5) is 4.79 Å².